The van der Waals surface area contributed by atoms with Gasteiger partial charge in [0.2, 0.25) is 0 Å². The van der Waals surface area contributed by atoms with Crippen LogP contribution in [0.2, 0.25) is 0 Å². The number of hydrogen-bond acceptors (Lipinski definition) is 4. The molecule has 1 heterocycles. The van der Waals surface area contributed by atoms with Gasteiger partial charge in [-0.25, -0.2) is 0 Å². The molecule has 16 heavy (non-hydrogen) atoms. The van der Waals surface area contributed by atoms with Crippen LogP contribution in [0, 0.1) is 11.3 Å². The van der Waals surface area contributed by atoms with E-state index in [9.17, 15) is 0 Å². The highest BCUT2D eigenvalue weighted by molar-refractivity contribution is 4.89. The minimum atomic E-state index is -0.0104. The van der Waals surface area contributed by atoms with Crippen LogP contribution in [0.15, 0.2) is 0 Å². The first-order chi connectivity index (χ1) is 7.67. The highest BCUT2D eigenvalue weighted by atomic mass is 15.2. The molecule has 1 N–H and O–H groups in total. The fourth-order valence-corrected chi connectivity index (χ4v) is 2.28. The lowest BCUT2D eigenvalue weighted by molar-refractivity contribution is 0.216. The lowest BCUT2D eigenvalue weighted by Gasteiger charge is -2.26. The second-order valence-electron chi connectivity index (χ2n) is 4.80. The molecule has 1 aliphatic heterocycles. The Kier molecular flexibility index (Phi) is 5.75. The van der Waals surface area contributed by atoms with Gasteiger partial charge in [0.1, 0.15) is 0 Å². The number of nitrogens with zero attached hydrogens (tertiary/aromatic N) is 3. The van der Waals surface area contributed by atoms with Gasteiger partial charge in [0.15, 0.2) is 0 Å². The quantitative estimate of drug-likeness (QED) is 0.714. The topological polar surface area (TPSA) is 42.3 Å². The molecule has 0 saturated carbocycles. The van der Waals surface area contributed by atoms with Crippen LogP contribution in [0.25, 0.3) is 0 Å². The van der Waals surface area contributed by atoms with Crippen molar-refractivity contribution in [3.8, 4) is 6.07 Å². The number of rotatable bonds is 6. The maximum atomic E-state index is 8.83. The van der Waals surface area contributed by atoms with E-state index in [-0.39, 0.29) is 6.04 Å². The van der Waals surface area contributed by atoms with Gasteiger partial charge in [-0.15, -0.1) is 0 Å². The Labute approximate surface area is 99.2 Å². The molecule has 4 nitrogen and oxygen atoms in total. The van der Waals surface area contributed by atoms with E-state index in [1.807, 2.05) is 7.05 Å². The Morgan fingerprint density at radius 2 is 2.38 bits per heavy atom. The number of nitrogens with one attached hydrogen (secondary N) is 1. The van der Waals surface area contributed by atoms with Crippen LogP contribution in [0.3, 0.4) is 0 Å². The lowest BCUT2D eigenvalue weighted by Crippen LogP contribution is -2.38. The van der Waals surface area contributed by atoms with Gasteiger partial charge in [0.25, 0.3) is 0 Å². The van der Waals surface area contributed by atoms with E-state index in [4.69, 9.17) is 5.26 Å². The molecule has 92 valence electrons. The normalized spacial score (nSPS) is 23.6. The first kappa shape index (κ1) is 13.4. The van der Waals surface area contributed by atoms with Crippen LogP contribution in [0.4, 0.5) is 0 Å². The second-order valence-corrected chi connectivity index (χ2v) is 4.80. The summed E-state index contributed by atoms with van der Waals surface area (Å²) in [5.74, 6) is 0. The first-order valence-corrected chi connectivity index (χ1v) is 6.13. The largest absolute Gasteiger partial charge is 0.305 e. The van der Waals surface area contributed by atoms with Gasteiger partial charge >= 0.3 is 0 Å². The number of hydrogen-bond donors (Lipinski definition) is 1. The standard InChI is InChI=1S/C12H24N4/c1-14-11(9-13)6-8-15(2)10-12-5-4-7-16(12)3/h11-12,14H,4-8,10H2,1-3H3. The van der Waals surface area contributed by atoms with E-state index >= 15 is 0 Å². The van der Waals surface area contributed by atoms with Gasteiger partial charge in [-0.2, -0.15) is 5.26 Å². The Bertz CT molecular complexity index is 236. The smallest absolute Gasteiger partial charge is 0.0962 e. The Balaban J connectivity index is 2.20. The fourth-order valence-electron chi connectivity index (χ4n) is 2.28. The zero-order chi connectivity index (χ0) is 12.0. The predicted octanol–water partition coefficient (Wildman–Crippen LogP) is 0.514. The number of likely N-dealkylation sites (tertiary alicyclic amines) is 1. The van der Waals surface area contributed by atoms with Crippen molar-refractivity contribution < 1.29 is 0 Å². The second kappa shape index (κ2) is 6.85. The summed E-state index contributed by atoms with van der Waals surface area (Å²) in [7, 11) is 6.20. The van der Waals surface area contributed by atoms with E-state index in [0.717, 1.165) is 19.5 Å². The minimum Gasteiger partial charge on any atom is -0.305 e. The summed E-state index contributed by atoms with van der Waals surface area (Å²) in [6.45, 7) is 3.34. The maximum absolute atomic E-state index is 8.83. The van der Waals surface area contributed by atoms with Crippen molar-refractivity contribution in [1.82, 2.24) is 15.1 Å². The van der Waals surface area contributed by atoms with E-state index in [0.29, 0.717) is 6.04 Å². The van der Waals surface area contributed by atoms with Crippen LogP contribution in [0.5, 0.6) is 0 Å². The SMILES string of the molecule is CNC(C#N)CCN(C)CC1CCCN1C. The molecule has 0 aliphatic carbocycles. The van der Waals surface area contributed by atoms with Crippen molar-refractivity contribution in [3.63, 3.8) is 0 Å². The molecule has 0 radical (unpaired) electrons. The molecule has 0 spiro atoms. The highest BCUT2D eigenvalue weighted by Crippen LogP contribution is 2.15. The van der Waals surface area contributed by atoms with Crippen molar-refractivity contribution in [1.29, 1.82) is 5.26 Å². The van der Waals surface area contributed by atoms with E-state index in [1.165, 1.54) is 19.4 Å². The Morgan fingerprint density at radius 1 is 1.62 bits per heavy atom. The third kappa shape index (κ3) is 4.09. The summed E-state index contributed by atoms with van der Waals surface area (Å²) in [6, 6.07) is 2.96. The van der Waals surface area contributed by atoms with Crippen molar-refractivity contribution in [2.75, 3.05) is 40.8 Å². The molecule has 4 heteroatoms. The number of nitriles is 1. The van der Waals surface area contributed by atoms with Crippen molar-refractivity contribution in [3.05, 3.63) is 0 Å². The fraction of sp³-hybridized carbons (Fsp3) is 0.917. The molecule has 0 amide bonds. The molecular weight excluding hydrogens is 200 g/mol. The monoisotopic (exact) mass is 224 g/mol. The molecule has 1 rings (SSSR count). The molecule has 0 aromatic heterocycles. The summed E-state index contributed by atoms with van der Waals surface area (Å²) in [6.07, 6.45) is 3.54. The molecule has 0 bridgehead atoms. The summed E-state index contributed by atoms with van der Waals surface area (Å²) in [5.41, 5.74) is 0. The van der Waals surface area contributed by atoms with Gasteiger partial charge in [0, 0.05) is 19.1 Å². The van der Waals surface area contributed by atoms with Crippen molar-refractivity contribution in [2.24, 2.45) is 0 Å². The van der Waals surface area contributed by atoms with Crippen LogP contribution in [-0.2, 0) is 0 Å². The molecule has 2 unspecified atom stereocenters. The van der Waals surface area contributed by atoms with Crippen molar-refractivity contribution in [2.45, 2.75) is 31.3 Å². The van der Waals surface area contributed by atoms with Gasteiger partial charge < -0.3 is 15.1 Å². The van der Waals surface area contributed by atoms with E-state index in [2.05, 4.69) is 35.3 Å². The number of likely N-dealkylation sites (N-methyl/N-ethyl adjacent to an activating group) is 2. The summed E-state index contributed by atoms with van der Waals surface area (Å²) >= 11 is 0. The summed E-state index contributed by atoms with van der Waals surface area (Å²) in [4.78, 5) is 4.78. The van der Waals surface area contributed by atoms with Crippen LogP contribution in [0.1, 0.15) is 19.3 Å². The molecule has 2 atom stereocenters. The zero-order valence-corrected chi connectivity index (χ0v) is 10.7. The highest BCUT2D eigenvalue weighted by Gasteiger charge is 2.21. The van der Waals surface area contributed by atoms with Crippen LogP contribution in [-0.4, -0.2) is 62.7 Å². The van der Waals surface area contributed by atoms with Gasteiger partial charge in [-0.3, -0.25) is 0 Å². The van der Waals surface area contributed by atoms with E-state index < -0.39 is 0 Å². The van der Waals surface area contributed by atoms with Crippen LogP contribution < -0.4 is 5.32 Å². The molecule has 1 fully saturated rings. The van der Waals surface area contributed by atoms with Gasteiger partial charge in [-0.1, -0.05) is 0 Å². The molecular formula is C12H24N4. The van der Waals surface area contributed by atoms with Gasteiger partial charge in [0.05, 0.1) is 12.1 Å². The lowest BCUT2D eigenvalue weighted by atomic mass is 10.2. The predicted molar refractivity (Wildman–Crippen MR) is 66.2 cm³/mol. The maximum Gasteiger partial charge on any atom is 0.0962 e. The zero-order valence-electron chi connectivity index (χ0n) is 10.7. The summed E-state index contributed by atoms with van der Waals surface area (Å²) in [5, 5.41) is 11.8. The summed E-state index contributed by atoms with van der Waals surface area (Å²) < 4.78 is 0. The van der Waals surface area contributed by atoms with Crippen molar-refractivity contribution >= 4 is 0 Å². The molecule has 0 aromatic carbocycles. The molecule has 0 aromatic rings. The molecule has 1 saturated heterocycles. The Morgan fingerprint density at radius 3 is 2.88 bits per heavy atom. The third-order valence-electron chi connectivity index (χ3n) is 3.50. The van der Waals surface area contributed by atoms with Crippen LogP contribution >= 0.6 is 0 Å². The van der Waals surface area contributed by atoms with E-state index in [1.54, 1.807) is 0 Å². The average molecular weight is 224 g/mol. The Hall–Kier alpha value is -0.630. The first-order valence-electron chi connectivity index (χ1n) is 6.13. The average Bonchev–Trinajstić information content (AvgIpc) is 2.66. The molecule has 1 aliphatic rings. The third-order valence-corrected chi connectivity index (χ3v) is 3.50. The van der Waals surface area contributed by atoms with Gasteiger partial charge in [-0.05, 0) is 47.0 Å². The minimum absolute atomic E-state index is 0.0104.